The second-order valence-electron chi connectivity index (χ2n) is 5.87. The van der Waals surface area contributed by atoms with Crippen molar-refractivity contribution >= 4 is 17.4 Å². The van der Waals surface area contributed by atoms with Crippen LogP contribution in [0.5, 0.6) is 0 Å². The van der Waals surface area contributed by atoms with Gasteiger partial charge in [-0.1, -0.05) is 0 Å². The highest BCUT2D eigenvalue weighted by Gasteiger charge is 2.21. The molecular formula is C15H21N7O3. The van der Waals surface area contributed by atoms with E-state index >= 15 is 0 Å². The van der Waals surface area contributed by atoms with Crippen LogP contribution in [0.4, 0.5) is 11.5 Å². The van der Waals surface area contributed by atoms with Gasteiger partial charge in [0.25, 0.3) is 11.5 Å². The molecule has 0 aliphatic carbocycles. The minimum Gasteiger partial charge on any atom is -0.382 e. The largest absolute Gasteiger partial charge is 0.382 e. The molecule has 10 heteroatoms. The Balaban J connectivity index is 1.50. The summed E-state index contributed by atoms with van der Waals surface area (Å²) >= 11 is 0. The maximum absolute atomic E-state index is 11.9. The van der Waals surface area contributed by atoms with Gasteiger partial charge in [-0.25, -0.2) is 4.68 Å². The third-order valence-corrected chi connectivity index (χ3v) is 4.05. The quantitative estimate of drug-likeness (QED) is 0.639. The summed E-state index contributed by atoms with van der Waals surface area (Å²) in [7, 11) is 1.62. The third kappa shape index (κ3) is 4.15. The molecule has 134 valence electrons. The second kappa shape index (κ2) is 7.34. The highest BCUT2D eigenvalue weighted by molar-refractivity contribution is 5.92. The predicted molar refractivity (Wildman–Crippen MR) is 91.4 cm³/mol. The summed E-state index contributed by atoms with van der Waals surface area (Å²) in [4.78, 5) is 25.7. The number of aromatic nitrogens is 4. The van der Waals surface area contributed by atoms with Crippen molar-refractivity contribution in [2.45, 2.75) is 12.5 Å². The van der Waals surface area contributed by atoms with Crippen LogP contribution in [0, 0.1) is 0 Å². The molecule has 1 fully saturated rings. The lowest BCUT2D eigenvalue weighted by atomic mass is 10.2. The molecule has 4 N–H and O–H groups in total. The molecule has 0 bridgehead atoms. The molecule has 0 unspecified atom stereocenters. The Bertz CT molecular complexity index is 800. The van der Waals surface area contributed by atoms with E-state index in [2.05, 4.69) is 25.5 Å². The molecule has 1 aliphatic heterocycles. The molecule has 1 saturated heterocycles. The van der Waals surface area contributed by atoms with Crippen LogP contribution in [0.3, 0.4) is 0 Å². The van der Waals surface area contributed by atoms with Gasteiger partial charge in [0.2, 0.25) is 0 Å². The number of hydrogen-bond donors (Lipinski definition) is 3. The van der Waals surface area contributed by atoms with E-state index in [9.17, 15) is 9.59 Å². The van der Waals surface area contributed by atoms with Crippen molar-refractivity contribution in [1.29, 1.82) is 0 Å². The Morgan fingerprint density at radius 1 is 1.52 bits per heavy atom. The van der Waals surface area contributed by atoms with Crippen LogP contribution in [0.25, 0.3) is 0 Å². The summed E-state index contributed by atoms with van der Waals surface area (Å²) in [6, 6.07) is 3.05. The molecule has 10 nitrogen and oxygen atoms in total. The summed E-state index contributed by atoms with van der Waals surface area (Å²) in [6.45, 7) is 2.36. The Kier molecular flexibility index (Phi) is 4.98. The van der Waals surface area contributed by atoms with Crippen LogP contribution >= 0.6 is 0 Å². The van der Waals surface area contributed by atoms with Gasteiger partial charge >= 0.3 is 0 Å². The SMILES string of the molecule is Cn1ncc(N2CCO[C@@H](CCNC(=O)c3cc(N)n[nH]3)C2)cc1=O. The number of morpholine rings is 1. The van der Waals surface area contributed by atoms with E-state index in [-0.39, 0.29) is 23.4 Å². The number of aromatic amines is 1. The number of anilines is 2. The first kappa shape index (κ1) is 17.0. The summed E-state index contributed by atoms with van der Waals surface area (Å²) in [6.07, 6.45) is 2.29. The number of amides is 1. The minimum absolute atomic E-state index is 0.0371. The number of ether oxygens (including phenoxy) is 1. The highest BCUT2D eigenvalue weighted by atomic mass is 16.5. The van der Waals surface area contributed by atoms with Crippen LogP contribution < -0.4 is 21.5 Å². The van der Waals surface area contributed by atoms with Gasteiger partial charge in [-0.2, -0.15) is 10.2 Å². The Morgan fingerprint density at radius 3 is 3.08 bits per heavy atom. The standard InChI is InChI=1S/C15H21N7O3/c1-21-14(23)6-10(8-18-21)22-4-5-25-11(9-22)2-3-17-15(24)12-7-13(16)20-19-12/h6-8,11H,2-5,9H2,1H3,(H,17,24)(H3,16,19,20)/t11-/m0/s1. The summed E-state index contributed by atoms with van der Waals surface area (Å²) < 4.78 is 7.03. The molecule has 0 spiro atoms. The van der Waals surface area contributed by atoms with Crippen molar-refractivity contribution in [2.24, 2.45) is 7.05 Å². The van der Waals surface area contributed by atoms with Crippen molar-refractivity contribution in [3.8, 4) is 0 Å². The fourth-order valence-electron chi connectivity index (χ4n) is 2.66. The summed E-state index contributed by atoms with van der Waals surface area (Å²) in [5.74, 6) is 0.0200. The zero-order valence-electron chi connectivity index (χ0n) is 13.9. The molecule has 1 amide bonds. The minimum atomic E-state index is -0.257. The van der Waals surface area contributed by atoms with E-state index in [4.69, 9.17) is 10.5 Å². The van der Waals surface area contributed by atoms with Gasteiger partial charge in [0.15, 0.2) is 0 Å². The van der Waals surface area contributed by atoms with Crippen molar-refractivity contribution < 1.29 is 9.53 Å². The number of carbonyl (C=O) groups is 1. The monoisotopic (exact) mass is 347 g/mol. The van der Waals surface area contributed by atoms with Crippen LogP contribution in [-0.4, -0.2) is 58.2 Å². The number of nitrogens with two attached hydrogens (primary N) is 1. The Morgan fingerprint density at radius 2 is 2.36 bits per heavy atom. The maximum atomic E-state index is 11.9. The number of nitrogens with zero attached hydrogens (tertiary/aromatic N) is 4. The smallest absolute Gasteiger partial charge is 0.269 e. The first-order valence-corrected chi connectivity index (χ1v) is 8.02. The van der Waals surface area contributed by atoms with Crippen molar-refractivity contribution in [2.75, 3.05) is 36.9 Å². The molecule has 1 aliphatic rings. The number of aryl methyl sites for hydroxylation is 1. The molecular weight excluding hydrogens is 326 g/mol. The van der Waals surface area contributed by atoms with Gasteiger partial charge in [-0.3, -0.25) is 14.7 Å². The van der Waals surface area contributed by atoms with Gasteiger partial charge in [-0.05, 0) is 6.42 Å². The molecule has 3 rings (SSSR count). The zero-order valence-corrected chi connectivity index (χ0v) is 13.9. The molecule has 0 saturated carbocycles. The topological polar surface area (TPSA) is 131 Å². The number of rotatable bonds is 5. The number of carbonyl (C=O) groups excluding carboxylic acids is 1. The Hall–Kier alpha value is -2.88. The van der Waals surface area contributed by atoms with E-state index in [1.54, 1.807) is 19.3 Å². The number of nitrogens with one attached hydrogen (secondary N) is 2. The predicted octanol–water partition coefficient (Wildman–Crippen LogP) is -0.889. The molecule has 2 aromatic rings. The Labute approximate surface area is 144 Å². The zero-order chi connectivity index (χ0) is 17.8. The van der Waals surface area contributed by atoms with Crippen LogP contribution in [0.1, 0.15) is 16.9 Å². The lowest BCUT2D eigenvalue weighted by Gasteiger charge is -2.34. The average molecular weight is 347 g/mol. The molecule has 3 heterocycles. The average Bonchev–Trinajstić information content (AvgIpc) is 3.04. The van der Waals surface area contributed by atoms with Crippen molar-refractivity contribution in [3.05, 3.63) is 34.4 Å². The van der Waals surface area contributed by atoms with Gasteiger partial charge < -0.3 is 20.7 Å². The first-order chi connectivity index (χ1) is 12.0. The number of H-pyrrole nitrogens is 1. The first-order valence-electron chi connectivity index (χ1n) is 8.02. The highest BCUT2D eigenvalue weighted by Crippen LogP contribution is 2.16. The summed E-state index contributed by atoms with van der Waals surface area (Å²) in [5, 5.41) is 13.1. The van der Waals surface area contributed by atoms with Gasteiger partial charge in [0.05, 0.1) is 24.6 Å². The van der Waals surface area contributed by atoms with Crippen molar-refractivity contribution in [3.63, 3.8) is 0 Å². The molecule has 0 radical (unpaired) electrons. The van der Waals surface area contributed by atoms with E-state index < -0.39 is 0 Å². The van der Waals surface area contributed by atoms with Crippen LogP contribution in [0.15, 0.2) is 23.1 Å². The molecule has 0 aromatic carbocycles. The third-order valence-electron chi connectivity index (χ3n) is 4.05. The van der Waals surface area contributed by atoms with E-state index in [0.29, 0.717) is 38.4 Å². The maximum Gasteiger partial charge on any atom is 0.269 e. The van der Waals surface area contributed by atoms with Crippen LogP contribution in [0.2, 0.25) is 0 Å². The second-order valence-corrected chi connectivity index (χ2v) is 5.87. The molecule has 1 atom stereocenters. The van der Waals surface area contributed by atoms with Gasteiger partial charge in [0, 0.05) is 38.8 Å². The van der Waals surface area contributed by atoms with Crippen molar-refractivity contribution in [1.82, 2.24) is 25.3 Å². The fourth-order valence-corrected chi connectivity index (χ4v) is 2.66. The number of nitrogen functional groups attached to an aromatic ring is 1. The van der Waals surface area contributed by atoms with Gasteiger partial charge in [0.1, 0.15) is 11.5 Å². The van der Waals surface area contributed by atoms with E-state index in [1.807, 2.05) is 0 Å². The normalized spacial score (nSPS) is 17.5. The van der Waals surface area contributed by atoms with Crippen LogP contribution in [-0.2, 0) is 11.8 Å². The lowest BCUT2D eigenvalue weighted by molar-refractivity contribution is 0.0353. The van der Waals surface area contributed by atoms with E-state index in [0.717, 1.165) is 5.69 Å². The lowest BCUT2D eigenvalue weighted by Crippen LogP contribution is -2.44. The fraction of sp³-hybridized carbons (Fsp3) is 0.467. The molecule has 25 heavy (non-hydrogen) atoms. The number of hydrogen-bond acceptors (Lipinski definition) is 7. The van der Waals surface area contributed by atoms with E-state index in [1.165, 1.54) is 10.7 Å². The molecule has 2 aromatic heterocycles. The van der Waals surface area contributed by atoms with Gasteiger partial charge in [-0.15, -0.1) is 0 Å². The summed E-state index contributed by atoms with van der Waals surface area (Å²) in [5.41, 5.74) is 6.44.